The third kappa shape index (κ3) is 4.97. The highest BCUT2D eigenvalue weighted by Crippen LogP contribution is 2.43. The largest absolute Gasteiger partial charge is 0.493 e. The van der Waals surface area contributed by atoms with Crippen molar-refractivity contribution in [2.45, 2.75) is 19.3 Å². The van der Waals surface area contributed by atoms with Gasteiger partial charge in [0.25, 0.3) is 5.56 Å². The van der Waals surface area contributed by atoms with E-state index in [1.807, 2.05) is 29.3 Å². The summed E-state index contributed by atoms with van der Waals surface area (Å²) in [5.41, 5.74) is 2.42. The number of fused-ring (bicyclic) bond motifs is 1. The van der Waals surface area contributed by atoms with Crippen LogP contribution in [0.2, 0.25) is 0 Å². The van der Waals surface area contributed by atoms with Crippen molar-refractivity contribution in [3.8, 4) is 28.4 Å². The number of hydrogen-bond acceptors (Lipinski definition) is 7. The lowest BCUT2D eigenvalue weighted by Crippen LogP contribution is -2.49. The fourth-order valence-corrected chi connectivity index (χ4v) is 5.68. The lowest BCUT2D eigenvalue weighted by molar-refractivity contribution is 0.0586. The minimum atomic E-state index is -0.599. The second-order valence-electron chi connectivity index (χ2n) is 9.88. The number of nitrogens with zero attached hydrogens (tertiary/aromatic N) is 2. The predicted molar refractivity (Wildman–Crippen MR) is 155 cm³/mol. The second kappa shape index (κ2) is 11.7. The van der Waals surface area contributed by atoms with Gasteiger partial charge in [-0.1, -0.05) is 48.5 Å². The molecule has 208 valence electrons. The van der Waals surface area contributed by atoms with E-state index in [2.05, 4.69) is 24.3 Å². The van der Waals surface area contributed by atoms with Gasteiger partial charge in [-0.05, 0) is 59.9 Å². The first kappa shape index (κ1) is 27.1. The Labute approximate surface area is 233 Å². The van der Waals surface area contributed by atoms with Gasteiger partial charge in [0, 0.05) is 24.0 Å². The maximum atomic E-state index is 14.0. The number of aromatic nitrogens is 1. The number of carbonyl (C=O) groups excluding carboxylic acids is 1. The van der Waals surface area contributed by atoms with Gasteiger partial charge < -0.3 is 24.0 Å². The molecule has 0 bridgehead atoms. The molecule has 0 saturated carbocycles. The van der Waals surface area contributed by atoms with E-state index in [9.17, 15) is 9.59 Å². The molecule has 1 saturated heterocycles. The van der Waals surface area contributed by atoms with Gasteiger partial charge in [0.05, 0.1) is 28.4 Å². The van der Waals surface area contributed by atoms with E-state index < -0.39 is 5.97 Å². The number of hydrogen-bond donors (Lipinski definition) is 0. The standard InChI is InChI=1S/C32H34N2O6/c1-37-26-19-23(20-27(38-2)30(26)39-3)28-24-12-8-9-13-25(24)31(35)34(29(28)32(36)40-4)33-16-14-22(15-17-33)18-21-10-6-5-7-11-21/h5-13,19-20,22H,14-18H2,1-4H3. The SMILES string of the molecule is COC(=O)c1c(-c2cc(OC)c(OC)c(OC)c2)c2ccccc2c(=O)n1N1CCC(Cc2ccccc2)CC1. The quantitative estimate of drug-likeness (QED) is 0.288. The summed E-state index contributed by atoms with van der Waals surface area (Å²) in [6.07, 6.45) is 2.78. The van der Waals surface area contributed by atoms with Gasteiger partial charge in [0.2, 0.25) is 5.75 Å². The number of pyridine rings is 1. The Morgan fingerprint density at radius 3 is 2.00 bits per heavy atom. The molecule has 0 unspecified atom stereocenters. The summed E-state index contributed by atoms with van der Waals surface area (Å²) in [4.78, 5) is 27.5. The Bertz CT molecular complexity index is 1550. The smallest absolute Gasteiger partial charge is 0.357 e. The monoisotopic (exact) mass is 542 g/mol. The molecule has 8 nitrogen and oxygen atoms in total. The van der Waals surface area contributed by atoms with Crippen molar-refractivity contribution in [1.82, 2.24) is 4.68 Å². The molecule has 0 radical (unpaired) electrons. The summed E-state index contributed by atoms with van der Waals surface area (Å²) in [6, 6.07) is 21.3. The molecule has 4 aromatic rings. The number of rotatable bonds is 8. The molecule has 1 aliphatic rings. The summed E-state index contributed by atoms with van der Waals surface area (Å²) < 4.78 is 23.5. The number of benzene rings is 3. The van der Waals surface area contributed by atoms with E-state index >= 15 is 0 Å². The molecule has 8 heteroatoms. The Hall–Kier alpha value is -4.46. The van der Waals surface area contributed by atoms with E-state index in [0.717, 1.165) is 19.3 Å². The molecule has 3 aromatic carbocycles. The molecule has 5 rings (SSSR count). The maximum absolute atomic E-state index is 14.0. The zero-order chi connectivity index (χ0) is 28.2. The van der Waals surface area contributed by atoms with E-state index in [1.165, 1.54) is 24.5 Å². The van der Waals surface area contributed by atoms with Gasteiger partial charge in [-0.2, -0.15) is 0 Å². The maximum Gasteiger partial charge on any atom is 0.357 e. The van der Waals surface area contributed by atoms with Gasteiger partial charge >= 0.3 is 5.97 Å². The van der Waals surface area contributed by atoms with Gasteiger partial charge in [-0.15, -0.1) is 0 Å². The minimum Gasteiger partial charge on any atom is -0.493 e. The van der Waals surface area contributed by atoms with E-state index in [-0.39, 0.29) is 11.3 Å². The molecule has 0 amide bonds. The van der Waals surface area contributed by atoms with Crippen molar-refractivity contribution >= 4 is 16.7 Å². The number of methoxy groups -OCH3 is 4. The van der Waals surface area contributed by atoms with Crippen molar-refractivity contribution in [2.24, 2.45) is 5.92 Å². The fraction of sp³-hybridized carbons (Fsp3) is 0.312. The molecule has 0 spiro atoms. The summed E-state index contributed by atoms with van der Waals surface area (Å²) in [5, 5.41) is 3.12. The van der Waals surface area contributed by atoms with Crippen molar-refractivity contribution in [3.63, 3.8) is 0 Å². The molecule has 0 atom stereocenters. The molecular weight excluding hydrogens is 508 g/mol. The van der Waals surface area contributed by atoms with Crippen LogP contribution in [-0.4, -0.2) is 52.2 Å². The number of esters is 1. The summed E-state index contributed by atoms with van der Waals surface area (Å²) in [5.74, 6) is 1.21. The number of piperidine rings is 1. The number of carbonyl (C=O) groups is 1. The first-order valence-electron chi connectivity index (χ1n) is 13.4. The summed E-state index contributed by atoms with van der Waals surface area (Å²) in [7, 11) is 5.95. The van der Waals surface area contributed by atoms with Gasteiger partial charge in [0.1, 0.15) is 0 Å². The molecule has 1 fully saturated rings. The average Bonchev–Trinajstić information content (AvgIpc) is 3.00. The Balaban J connectivity index is 1.67. The lowest BCUT2D eigenvalue weighted by Gasteiger charge is -2.36. The van der Waals surface area contributed by atoms with Crippen LogP contribution in [0.25, 0.3) is 21.9 Å². The third-order valence-electron chi connectivity index (χ3n) is 7.64. The van der Waals surface area contributed by atoms with Crippen molar-refractivity contribution in [1.29, 1.82) is 0 Å². The zero-order valence-corrected chi connectivity index (χ0v) is 23.3. The van der Waals surface area contributed by atoms with Crippen LogP contribution in [0.4, 0.5) is 0 Å². The van der Waals surface area contributed by atoms with Crippen molar-refractivity contribution < 1.29 is 23.7 Å². The van der Waals surface area contributed by atoms with Crippen LogP contribution in [0.3, 0.4) is 0 Å². The lowest BCUT2D eigenvalue weighted by atomic mass is 9.90. The van der Waals surface area contributed by atoms with Crippen molar-refractivity contribution in [2.75, 3.05) is 46.5 Å². The second-order valence-corrected chi connectivity index (χ2v) is 9.88. The van der Waals surface area contributed by atoms with Gasteiger partial charge in [-0.25, -0.2) is 9.47 Å². The van der Waals surface area contributed by atoms with E-state index in [4.69, 9.17) is 18.9 Å². The topological polar surface area (TPSA) is 79.2 Å². The normalized spacial score (nSPS) is 13.8. The molecule has 2 heterocycles. The Morgan fingerprint density at radius 2 is 1.43 bits per heavy atom. The zero-order valence-electron chi connectivity index (χ0n) is 23.3. The van der Waals surface area contributed by atoms with E-state index in [0.29, 0.717) is 58.2 Å². The summed E-state index contributed by atoms with van der Waals surface area (Å²) in [6.45, 7) is 1.27. The minimum absolute atomic E-state index is 0.169. The Morgan fingerprint density at radius 1 is 0.825 bits per heavy atom. The molecular formula is C32H34N2O6. The van der Waals surface area contributed by atoms with Crippen LogP contribution in [0.1, 0.15) is 28.9 Å². The van der Waals surface area contributed by atoms with Crippen LogP contribution < -0.4 is 24.8 Å². The van der Waals surface area contributed by atoms with Crippen LogP contribution in [0, 0.1) is 5.92 Å². The molecule has 40 heavy (non-hydrogen) atoms. The summed E-state index contributed by atoms with van der Waals surface area (Å²) >= 11 is 0. The highest BCUT2D eigenvalue weighted by molar-refractivity contribution is 6.07. The Kier molecular flexibility index (Phi) is 7.96. The predicted octanol–water partition coefficient (Wildman–Crippen LogP) is 5.07. The molecule has 0 aliphatic carbocycles. The third-order valence-corrected chi connectivity index (χ3v) is 7.64. The fourth-order valence-electron chi connectivity index (χ4n) is 5.68. The van der Waals surface area contributed by atoms with Crippen molar-refractivity contribution in [3.05, 3.63) is 88.3 Å². The van der Waals surface area contributed by atoms with E-state index in [1.54, 1.807) is 32.4 Å². The number of ether oxygens (including phenoxy) is 4. The van der Waals surface area contributed by atoms with Crippen LogP contribution >= 0.6 is 0 Å². The highest BCUT2D eigenvalue weighted by Gasteiger charge is 2.30. The molecule has 0 N–H and O–H groups in total. The van der Waals surface area contributed by atoms with Crippen LogP contribution in [0.5, 0.6) is 17.2 Å². The average molecular weight is 543 g/mol. The first-order valence-corrected chi connectivity index (χ1v) is 13.4. The van der Waals surface area contributed by atoms with Gasteiger partial charge in [0.15, 0.2) is 17.2 Å². The molecule has 1 aliphatic heterocycles. The van der Waals surface area contributed by atoms with Gasteiger partial charge in [-0.3, -0.25) is 4.79 Å². The first-order chi connectivity index (χ1) is 19.5. The highest BCUT2D eigenvalue weighted by atomic mass is 16.5. The van der Waals surface area contributed by atoms with Crippen LogP contribution in [-0.2, 0) is 11.2 Å². The van der Waals surface area contributed by atoms with Crippen LogP contribution in [0.15, 0.2) is 71.5 Å². The molecule has 1 aromatic heterocycles.